The van der Waals surface area contributed by atoms with Crippen molar-refractivity contribution in [2.75, 3.05) is 13.2 Å². The molecule has 6 heteroatoms. The van der Waals surface area contributed by atoms with Gasteiger partial charge in [0.05, 0.1) is 6.04 Å². The molecule has 0 saturated carbocycles. The lowest BCUT2D eigenvalue weighted by molar-refractivity contribution is -0.426. The largest absolute Gasteiger partial charge is 0.381 e. The van der Waals surface area contributed by atoms with E-state index in [1.807, 2.05) is 0 Å². The van der Waals surface area contributed by atoms with Gasteiger partial charge in [0, 0.05) is 25.5 Å². The van der Waals surface area contributed by atoms with Gasteiger partial charge in [0.1, 0.15) is 0 Å². The zero-order chi connectivity index (χ0) is 10.4. The molecule has 0 spiro atoms. The second-order valence-corrected chi connectivity index (χ2v) is 2.99. The van der Waals surface area contributed by atoms with Crippen molar-refractivity contribution in [2.45, 2.75) is 18.9 Å². The summed E-state index contributed by atoms with van der Waals surface area (Å²) in [5.41, 5.74) is 5.08. The molecule has 1 aliphatic heterocycles. The lowest BCUT2D eigenvalue weighted by atomic mass is 10.1. The first-order valence-electron chi connectivity index (χ1n) is 4.41. The SMILES string of the molecule is N/C(=C\C=NC1CCOCC1)[N+](=O)[O-]. The summed E-state index contributed by atoms with van der Waals surface area (Å²) in [7, 11) is 0. The molecular formula is C8H13N3O3. The van der Waals surface area contributed by atoms with Crippen LogP contribution in [0.4, 0.5) is 0 Å². The zero-order valence-corrected chi connectivity index (χ0v) is 7.76. The molecule has 0 aliphatic carbocycles. The molecule has 78 valence electrons. The van der Waals surface area contributed by atoms with Crippen LogP contribution < -0.4 is 5.73 Å². The molecule has 0 radical (unpaired) electrons. The molecule has 0 atom stereocenters. The smallest absolute Gasteiger partial charge is 0.315 e. The van der Waals surface area contributed by atoms with Gasteiger partial charge in [-0.05, 0) is 17.8 Å². The Morgan fingerprint density at radius 1 is 1.57 bits per heavy atom. The van der Waals surface area contributed by atoms with Gasteiger partial charge in [-0.15, -0.1) is 0 Å². The summed E-state index contributed by atoms with van der Waals surface area (Å²) in [4.78, 5) is 13.6. The van der Waals surface area contributed by atoms with Crippen LogP contribution in [0, 0.1) is 10.1 Å². The van der Waals surface area contributed by atoms with E-state index in [0.29, 0.717) is 13.2 Å². The zero-order valence-electron chi connectivity index (χ0n) is 7.76. The second kappa shape index (κ2) is 5.33. The van der Waals surface area contributed by atoms with Gasteiger partial charge in [0.15, 0.2) is 0 Å². The molecule has 0 aromatic rings. The molecule has 0 unspecified atom stereocenters. The molecule has 1 rings (SSSR count). The van der Waals surface area contributed by atoms with E-state index in [9.17, 15) is 10.1 Å². The van der Waals surface area contributed by atoms with E-state index in [4.69, 9.17) is 10.5 Å². The Bertz CT molecular complexity index is 257. The molecule has 1 saturated heterocycles. The van der Waals surface area contributed by atoms with Crippen molar-refractivity contribution in [2.24, 2.45) is 10.7 Å². The predicted molar refractivity (Wildman–Crippen MR) is 51.6 cm³/mol. The average molecular weight is 199 g/mol. The van der Waals surface area contributed by atoms with Crippen molar-refractivity contribution >= 4 is 6.21 Å². The van der Waals surface area contributed by atoms with Crippen LogP contribution in [0.25, 0.3) is 0 Å². The van der Waals surface area contributed by atoms with E-state index in [0.717, 1.165) is 12.8 Å². The molecule has 0 amide bonds. The molecule has 1 fully saturated rings. The molecule has 2 N–H and O–H groups in total. The van der Waals surface area contributed by atoms with Gasteiger partial charge < -0.3 is 14.9 Å². The summed E-state index contributed by atoms with van der Waals surface area (Å²) in [6.07, 6.45) is 4.33. The van der Waals surface area contributed by atoms with E-state index in [-0.39, 0.29) is 11.9 Å². The first kappa shape index (κ1) is 10.6. The number of hydrogen-bond acceptors (Lipinski definition) is 5. The van der Waals surface area contributed by atoms with Crippen LogP contribution in [0.15, 0.2) is 16.9 Å². The Balaban J connectivity index is 2.38. The van der Waals surface area contributed by atoms with Gasteiger partial charge in [0.2, 0.25) is 0 Å². The number of nitrogens with zero attached hydrogens (tertiary/aromatic N) is 2. The minimum Gasteiger partial charge on any atom is -0.381 e. The quantitative estimate of drug-likeness (QED) is 0.402. The van der Waals surface area contributed by atoms with E-state index in [1.165, 1.54) is 12.3 Å². The molecule has 0 aromatic heterocycles. The van der Waals surface area contributed by atoms with Crippen LogP contribution >= 0.6 is 0 Å². The predicted octanol–water partition coefficient (Wildman–Crippen LogP) is 0.313. The highest BCUT2D eigenvalue weighted by atomic mass is 16.6. The van der Waals surface area contributed by atoms with Crippen molar-refractivity contribution < 1.29 is 9.66 Å². The Morgan fingerprint density at radius 2 is 2.21 bits per heavy atom. The minimum absolute atomic E-state index is 0.208. The van der Waals surface area contributed by atoms with Crippen molar-refractivity contribution in [1.29, 1.82) is 0 Å². The summed E-state index contributed by atoms with van der Waals surface area (Å²) in [5.74, 6) is -0.388. The average Bonchev–Trinajstić information content (AvgIpc) is 2.19. The van der Waals surface area contributed by atoms with Crippen molar-refractivity contribution in [3.63, 3.8) is 0 Å². The third-order valence-electron chi connectivity index (χ3n) is 1.94. The van der Waals surface area contributed by atoms with Crippen LogP contribution in [-0.4, -0.2) is 30.4 Å². The third-order valence-corrected chi connectivity index (χ3v) is 1.94. The molecule has 1 aliphatic rings. The van der Waals surface area contributed by atoms with Gasteiger partial charge in [-0.1, -0.05) is 0 Å². The Kier molecular flexibility index (Phi) is 4.06. The first-order chi connectivity index (χ1) is 6.70. The molecule has 6 nitrogen and oxygen atoms in total. The van der Waals surface area contributed by atoms with Crippen LogP contribution in [0.3, 0.4) is 0 Å². The molecule has 0 aromatic carbocycles. The topological polar surface area (TPSA) is 90.8 Å². The van der Waals surface area contributed by atoms with E-state index in [2.05, 4.69) is 4.99 Å². The first-order valence-corrected chi connectivity index (χ1v) is 4.41. The van der Waals surface area contributed by atoms with E-state index in [1.54, 1.807) is 0 Å². The summed E-state index contributed by atoms with van der Waals surface area (Å²) >= 11 is 0. The van der Waals surface area contributed by atoms with Gasteiger partial charge in [-0.25, -0.2) is 0 Å². The lowest BCUT2D eigenvalue weighted by Crippen LogP contribution is -2.18. The molecule has 14 heavy (non-hydrogen) atoms. The number of aliphatic imine (C=N–C) groups is 1. The van der Waals surface area contributed by atoms with Crippen LogP contribution in [-0.2, 0) is 4.74 Å². The van der Waals surface area contributed by atoms with Crippen molar-refractivity contribution in [3.05, 3.63) is 22.0 Å². The fourth-order valence-electron chi connectivity index (χ4n) is 1.14. The second-order valence-electron chi connectivity index (χ2n) is 2.99. The van der Waals surface area contributed by atoms with E-state index >= 15 is 0 Å². The van der Waals surface area contributed by atoms with Gasteiger partial charge in [-0.2, -0.15) is 0 Å². The molecule has 0 bridgehead atoms. The fraction of sp³-hybridized carbons (Fsp3) is 0.625. The van der Waals surface area contributed by atoms with Gasteiger partial charge in [-0.3, -0.25) is 10.7 Å². The normalized spacial score (nSPS) is 20.1. The molecule has 1 heterocycles. The Morgan fingerprint density at radius 3 is 2.79 bits per heavy atom. The summed E-state index contributed by atoms with van der Waals surface area (Å²) in [5, 5.41) is 10.1. The maximum absolute atomic E-state index is 10.1. The number of rotatable bonds is 3. The summed E-state index contributed by atoms with van der Waals surface area (Å²) < 4.78 is 5.14. The standard InChI is InChI=1S/C8H13N3O3/c9-8(11(12)13)1-4-10-7-2-5-14-6-3-7/h1,4,7H,2-3,5-6,9H2/b8-1+,10-4?. The number of nitro groups is 1. The monoisotopic (exact) mass is 199 g/mol. The number of nitrogens with two attached hydrogens (primary N) is 1. The Hall–Kier alpha value is -1.43. The van der Waals surface area contributed by atoms with Gasteiger partial charge >= 0.3 is 5.82 Å². The highest BCUT2D eigenvalue weighted by Crippen LogP contribution is 2.09. The van der Waals surface area contributed by atoms with Gasteiger partial charge in [0.25, 0.3) is 0 Å². The maximum atomic E-state index is 10.1. The molecular weight excluding hydrogens is 186 g/mol. The maximum Gasteiger partial charge on any atom is 0.315 e. The highest BCUT2D eigenvalue weighted by Gasteiger charge is 2.10. The number of allylic oxidation sites excluding steroid dienone is 1. The summed E-state index contributed by atoms with van der Waals surface area (Å²) in [6, 6.07) is 0.208. The minimum atomic E-state index is -0.643. The Labute approximate surface area is 81.6 Å². The number of hydrogen-bond donors (Lipinski definition) is 1. The highest BCUT2D eigenvalue weighted by molar-refractivity contribution is 5.71. The van der Waals surface area contributed by atoms with Crippen molar-refractivity contribution in [1.82, 2.24) is 0 Å². The van der Waals surface area contributed by atoms with Crippen molar-refractivity contribution in [3.8, 4) is 0 Å². The van der Waals surface area contributed by atoms with Crippen LogP contribution in [0.2, 0.25) is 0 Å². The fourth-order valence-corrected chi connectivity index (χ4v) is 1.14. The third kappa shape index (κ3) is 3.53. The lowest BCUT2D eigenvalue weighted by Gasteiger charge is -2.17. The number of ether oxygens (including phenoxy) is 1. The van der Waals surface area contributed by atoms with Crippen LogP contribution in [0.5, 0.6) is 0 Å². The summed E-state index contributed by atoms with van der Waals surface area (Å²) in [6.45, 7) is 1.41. The van der Waals surface area contributed by atoms with Crippen LogP contribution in [0.1, 0.15) is 12.8 Å². The van der Waals surface area contributed by atoms with E-state index < -0.39 is 4.92 Å².